The van der Waals surface area contributed by atoms with Crippen LogP contribution >= 0.6 is 11.3 Å². The van der Waals surface area contributed by atoms with Crippen LogP contribution in [0.15, 0.2) is 35.7 Å². The fourth-order valence-corrected chi connectivity index (χ4v) is 3.28. The van der Waals surface area contributed by atoms with Crippen molar-refractivity contribution in [1.29, 1.82) is 0 Å². The number of hydrogen-bond acceptors (Lipinski definition) is 3. The van der Waals surface area contributed by atoms with Gasteiger partial charge >= 0.3 is 6.18 Å². The topological polar surface area (TPSA) is 23.5 Å². The lowest BCUT2D eigenvalue weighted by atomic mass is 10.1. The van der Waals surface area contributed by atoms with Gasteiger partial charge in [0.15, 0.2) is 0 Å². The molecule has 0 saturated carbocycles. The zero-order chi connectivity index (χ0) is 16.9. The van der Waals surface area contributed by atoms with E-state index in [9.17, 15) is 13.2 Å². The molecule has 0 unspecified atom stereocenters. The van der Waals surface area contributed by atoms with Gasteiger partial charge in [0.2, 0.25) is 0 Å². The van der Waals surface area contributed by atoms with Gasteiger partial charge in [0.05, 0.1) is 5.56 Å². The fraction of sp³-hybridized carbons (Fsp3) is 0.412. The van der Waals surface area contributed by atoms with E-state index in [1.165, 1.54) is 22.6 Å². The zero-order valence-electron chi connectivity index (χ0n) is 12.9. The van der Waals surface area contributed by atoms with Crippen molar-refractivity contribution >= 4 is 11.3 Å². The molecule has 0 bridgehead atoms. The molecule has 126 valence electrons. The maximum atomic E-state index is 12.6. The third kappa shape index (κ3) is 5.34. The SMILES string of the molecule is Cc1ccsc1CN(CCCO)Cc1ccc(C(F)(F)F)cc1. The van der Waals surface area contributed by atoms with E-state index in [2.05, 4.69) is 11.0 Å². The van der Waals surface area contributed by atoms with Crippen molar-refractivity contribution in [3.8, 4) is 0 Å². The molecule has 0 atom stereocenters. The average molecular weight is 343 g/mol. The number of nitrogens with zero attached hydrogens (tertiary/aromatic N) is 1. The number of benzene rings is 1. The predicted molar refractivity (Wildman–Crippen MR) is 86.3 cm³/mol. The second kappa shape index (κ2) is 7.95. The highest BCUT2D eigenvalue weighted by atomic mass is 32.1. The van der Waals surface area contributed by atoms with Crippen molar-refractivity contribution in [2.75, 3.05) is 13.2 Å². The van der Waals surface area contributed by atoms with Gasteiger partial charge in [-0.3, -0.25) is 4.90 Å². The summed E-state index contributed by atoms with van der Waals surface area (Å²) in [5, 5.41) is 11.1. The molecule has 1 N–H and O–H groups in total. The van der Waals surface area contributed by atoms with E-state index in [-0.39, 0.29) is 6.61 Å². The molecule has 1 aromatic carbocycles. The summed E-state index contributed by atoms with van der Waals surface area (Å²) in [5.74, 6) is 0. The van der Waals surface area contributed by atoms with Crippen LogP contribution < -0.4 is 0 Å². The number of aryl methyl sites for hydroxylation is 1. The molecular formula is C17H20F3NOS. The lowest BCUT2D eigenvalue weighted by Crippen LogP contribution is -2.24. The maximum absolute atomic E-state index is 12.6. The first-order valence-corrected chi connectivity index (χ1v) is 8.30. The van der Waals surface area contributed by atoms with Crippen LogP contribution in [-0.4, -0.2) is 23.2 Å². The minimum absolute atomic E-state index is 0.104. The Kier molecular flexibility index (Phi) is 6.21. The number of alkyl halides is 3. The van der Waals surface area contributed by atoms with Crippen molar-refractivity contribution < 1.29 is 18.3 Å². The highest BCUT2D eigenvalue weighted by molar-refractivity contribution is 7.10. The normalized spacial score (nSPS) is 12.1. The van der Waals surface area contributed by atoms with Crippen LogP contribution in [0, 0.1) is 6.92 Å². The quantitative estimate of drug-likeness (QED) is 0.802. The van der Waals surface area contributed by atoms with E-state index in [0.717, 1.165) is 24.2 Å². The molecule has 1 aromatic heterocycles. The average Bonchev–Trinajstić information content (AvgIpc) is 2.89. The number of halogens is 3. The van der Waals surface area contributed by atoms with E-state index in [4.69, 9.17) is 5.11 Å². The molecule has 6 heteroatoms. The molecule has 0 amide bonds. The van der Waals surface area contributed by atoms with Crippen LogP contribution in [0.25, 0.3) is 0 Å². The van der Waals surface area contributed by atoms with E-state index < -0.39 is 11.7 Å². The summed E-state index contributed by atoms with van der Waals surface area (Å²) in [7, 11) is 0. The first kappa shape index (κ1) is 18.0. The second-order valence-corrected chi connectivity index (χ2v) is 6.51. The van der Waals surface area contributed by atoms with Crippen LogP contribution in [0.2, 0.25) is 0 Å². The summed E-state index contributed by atoms with van der Waals surface area (Å²) in [4.78, 5) is 3.40. The van der Waals surface area contributed by atoms with E-state index >= 15 is 0 Å². The van der Waals surface area contributed by atoms with Crippen LogP contribution in [0.4, 0.5) is 13.2 Å². The number of thiophene rings is 1. The second-order valence-electron chi connectivity index (χ2n) is 5.51. The van der Waals surface area contributed by atoms with Gasteiger partial charge in [-0.15, -0.1) is 11.3 Å². The van der Waals surface area contributed by atoms with Crippen LogP contribution in [0.3, 0.4) is 0 Å². The molecule has 0 radical (unpaired) electrons. The van der Waals surface area contributed by atoms with Gasteiger partial charge in [0, 0.05) is 31.1 Å². The molecule has 0 aliphatic carbocycles. The van der Waals surface area contributed by atoms with Crippen LogP contribution in [-0.2, 0) is 19.3 Å². The maximum Gasteiger partial charge on any atom is 0.416 e. The molecule has 2 nitrogen and oxygen atoms in total. The van der Waals surface area contributed by atoms with E-state index in [0.29, 0.717) is 19.5 Å². The molecule has 2 aromatic rings. The lowest BCUT2D eigenvalue weighted by molar-refractivity contribution is -0.137. The molecule has 0 aliphatic rings. The first-order valence-electron chi connectivity index (χ1n) is 7.42. The Hall–Kier alpha value is -1.37. The van der Waals surface area contributed by atoms with Gasteiger partial charge < -0.3 is 5.11 Å². The number of rotatable bonds is 7. The Morgan fingerprint density at radius 3 is 2.30 bits per heavy atom. The monoisotopic (exact) mass is 343 g/mol. The molecular weight excluding hydrogens is 323 g/mol. The van der Waals surface area contributed by atoms with Crippen molar-refractivity contribution in [1.82, 2.24) is 4.90 Å². The molecule has 0 aliphatic heterocycles. The zero-order valence-corrected chi connectivity index (χ0v) is 13.8. The van der Waals surface area contributed by atoms with Crippen molar-refractivity contribution in [2.45, 2.75) is 32.6 Å². The Morgan fingerprint density at radius 1 is 1.09 bits per heavy atom. The number of aliphatic hydroxyl groups is 1. The smallest absolute Gasteiger partial charge is 0.396 e. The Morgan fingerprint density at radius 2 is 1.78 bits per heavy atom. The van der Waals surface area contributed by atoms with E-state index in [1.807, 2.05) is 12.3 Å². The Balaban J connectivity index is 2.06. The van der Waals surface area contributed by atoms with Gasteiger partial charge in [0.1, 0.15) is 0 Å². The number of hydrogen-bond donors (Lipinski definition) is 1. The van der Waals surface area contributed by atoms with Crippen molar-refractivity contribution in [3.05, 3.63) is 57.3 Å². The molecule has 1 heterocycles. The van der Waals surface area contributed by atoms with Crippen LogP contribution in [0.1, 0.15) is 28.0 Å². The predicted octanol–water partition coefficient (Wildman–Crippen LogP) is 4.46. The fourth-order valence-electron chi connectivity index (χ4n) is 2.33. The van der Waals surface area contributed by atoms with Gasteiger partial charge in [-0.05, 0) is 48.1 Å². The number of aliphatic hydroxyl groups excluding tert-OH is 1. The molecule has 0 fully saturated rings. The third-order valence-electron chi connectivity index (χ3n) is 3.66. The van der Waals surface area contributed by atoms with Crippen LogP contribution in [0.5, 0.6) is 0 Å². The Bertz CT molecular complexity index is 607. The summed E-state index contributed by atoms with van der Waals surface area (Å²) in [6.07, 6.45) is -3.66. The van der Waals surface area contributed by atoms with Gasteiger partial charge in [0.25, 0.3) is 0 Å². The van der Waals surface area contributed by atoms with Crippen molar-refractivity contribution in [2.24, 2.45) is 0 Å². The largest absolute Gasteiger partial charge is 0.416 e. The molecule has 23 heavy (non-hydrogen) atoms. The standard InChI is InChI=1S/C17H20F3NOS/c1-13-7-10-23-16(13)12-21(8-2-9-22)11-14-3-5-15(6-4-14)17(18,19)20/h3-7,10,22H,2,8-9,11-12H2,1H3. The molecule has 0 spiro atoms. The summed E-state index contributed by atoms with van der Waals surface area (Å²) in [6.45, 7) is 4.16. The van der Waals surface area contributed by atoms with E-state index in [1.54, 1.807) is 11.3 Å². The van der Waals surface area contributed by atoms with Gasteiger partial charge in [-0.2, -0.15) is 13.2 Å². The Labute approximate surface area is 138 Å². The molecule has 0 saturated heterocycles. The summed E-state index contributed by atoms with van der Waals surface area (Å²) < 4.78 is 37.8. The highest BCUT2D eigenvalue weighted by Crippen LogP contribution is 2.29. The summed E-state index contributed by atoms with van der Waals surface area (Å²) in [6, 6.07) is 7.35. The van der Waals surface area contributed by atoms with Gasteiger partial charge in [-0.1, -0.05) is 12.1 Å². The minimum atomic E-state index is -4.30. The third-order valence-corrected chi connectivity index (χ3v) is 4.66. The summed E-state index contributed by atoms with van der Waals surface area (Å²) in [5.41, 5.74) is 1.43. The minimum Gasteiger partial charge on any atom is -0.396 e. The highest BCUT2D eigenvalue weighted by Gasteiger charge is 2.29. The lowest BCUT2D eigenvalue weighted by Gasteiger charge is -2.22. The van der Waals surface area contributed by atoms with Gasteiger partial charge in [-0.25, -0.2) is 0 Å². The van der Waals surface area contributed by atoms with Crippen molar-refractivity contribution in [3.63, 3.8) is 0 Å². The first-order chi connectivity index (χ1) is 10.9. The summed E-state index contributed by atoms with van der Waals surface area (Å²) >= 11 is 1.67. The molecule has 2 rings (SSSR count).